The summed E-state index contributed by atoms with van der Waals surface area (Å²) >= 11 is 1.75. The second-order valence-corrected chi connectivity index (χ2v) is 14.0. The van der Waals surface area contributed by atoms with E-state index in [0.717, 1.165) is 53.1 Å². The van der Waals surface area contributed by atoms with Gasteiger partial charge < -0.3 is 14.6 Å². The van der Waals surface area contributed by atoms with Crippen molar-refractivity contribution in [2.45, 2.75) is 76.4 Å². The molecular weight excluding hydrogens is 564 g/mol. The van der Waals surface area contributed by atoms with Crippen LogP contribution in [-0.4, -0.2) is 66.4 Å². The normalized spacial score (nSPS) is 21.5. The molecule has 3 fully saturated rings. The van der Waals surface area contributed by atoms with Crippen LogP contribution in [0.5, 0.6) is 17.2 Å². The number of ether oxygens (including phenoxy) is 2. The van der Waals surface area contributed by atoms with Gasteiger partial charge in [-0.2, -0.15) is 0 Å². The van der Waals surface area contributed by atoms with Crippen molar-refractivity contribution in [2.75, 3.05) is 39.3 Å². The van der Waals surface area contributed by atoms with E-state index in [1.807, 2.05) is 6.07 Å². The lowest BCUT2D eigenvalue weighted by atomic mass is 9.90. The van der Waals surface area contributed by atoms with E-state index in [1.54, 1.807) is 17.4 Å². The lowest BCUT2D eigenvalue weighted by Crippen LogP contribution is -2.49. The first-order valence-corrected chi connectivity index (χ1v) is 17.7. The molecule has 0 unspecified atom stereocenters. The Morgan fingerprint density at radius 1 is 0.750 bits per heavy atom. The number of hydrogen-bond acceptors (Lipinski definition) is 6. The van der Waals surface area contributed by atoms with Crippen molar-refractivity contribution in [1.29, 1.82) is 0 Å². The van der Waals surface area contributed by atoms with Crippen LogP contribution < -0.4 is 9.47 Å². The highest BCUT2D eigenvalue weighted by Gasteiger charge is 2.32. The topological polar surface area (TPSA) is 45.2 Å². The fourth-order valence-corrected chi connectivity index (χ4v) is 8.79. The number of nitrogens with zero attached hydrogens (tertiary/aromatic N) is 2. The maximum absolute atomic E-state index is 10.9. The molecule has 2 aliphatic heterocycles. The quantitative estimate of drug-likeness (QED) is 0.195. The molecule has 6 heteroatoms. The number of hydrogen-bond donors (Lipinski definition) is 1. The Morgan fingerprint density at radius 3 is 2.27 bits per heavy atom. The molecule has 1 aliphatic carbocycles. The van der Waals surface area contributed by atoms with Gasteiger partial charge in [-0.25, -0.2) is 0 Å². The molecule has 1 saturated carbocycles. The van der Waals surface area contributed by atoms with E-state index in [9.17, 15) is 5.11 Å². The number of phenols is 1. The Kier molecular flexibility index (Phi) is 9.38. The van der Waals surface area contributed by atoms with E-state index < -0.39 is 0 Å². The number of phenolic OH excluding ortho intramolecular Hbond substituents is 1. The molecule has 3 heterocycles. The monoisotopic (exact) mass is 610 g/mol. The van der Waals surface area contributed by atoms with Gasteiger partial charge in [-0.1, -0.05) is 31.0 Å². The number of benzene rings is 3. The highest BCUT2D eigenvalue weighted by molar-refractivity contribution is 7.22. The van der Waals surface area contributed by atoms with Gasteiger partial charge in [-0.05, 0) is 143 Å². The molecule has 1 aromatic heterocycles. The molecule has 4 aromatic rings. The highest BCUT2D eigenvalue weighted by atomic mass is 32.1. The highest BCUT2D eigenvalue weighted by Crippen LogP contribution is 2.44. The molecule has 232 valence electrons. The Balaban J connectivity index is 1.07. The van der Waals surface area contributed by atoms with Gasteiger partial charge in [0.2, 0.25) is 0 Å². The summed E-state index contributed by atoms with van der Waals surface area (Å²) in [6, 6.07) is 23.6. The Bertz CT molecular complexity index is 1500. The molecule has 0 bridgehead atoms. The number of rotatable bonds is 10. The number of thiophene rings is 1. The van der Waals surface area contributed by atoms with Crippen LogP contribution in [0.15, 0.2) is 66.7 Å². The van der Waals surface area contributed by atoms with Crippen LogP contribution in [0.1, 0.15) is 68.9 Å². The van der Waals surface area contributed by atoms with Gasteiger partial charge in [-0.3, -0.25) is 9.80 Å². The van der Waals surface area contributed by atoms with E-state index in [2.05, 4.69) is 64.4 Å². The van der Waals surface area contributed by atoms with Crippen LogP contribution >= 0.6 is 11.3 Å². The predicted molar refractivity (Wildman–Crippen MR) is 181 cm³/mol. The lowest BCUT2D eigenvalue weighted by Gasteiger charge is -2.41. The molecule has 1 N–H and O–H groups in total. The zero-order valence-electron chi connectivity index (χ0n) is 25.9. The molecule has 0 radical (unpaired) electrons. The zero-order chi connectivity index (χ0) is 29.7. The summed E-state index contributed by atoms with van der Waals surface area (Å²) in [5.41, 5.74) is 3.56. The standard InChI is InChI=1S/C38H46N2O3S/c41-34-10-8-12-36-37(34)32(38(44-36)29-15-19-30(20-16-29)42-26-25-39-21-6-7-22-39)27-28-13-17-31(18-14-28)43-35-11-3-2-9-33(35)40-23-4-1-5-24-40/h8,10,12-20,33,35,41H,1-7,9,11,21-27H2/t33-,35-/m1/s1. The predicted octanol–water partition coefficient (Wildman–Crippen LogP) is 8.52. The molecule has 3 aliphatic rings. The van der Waals surface area contributed by atoms with E-state index in [-0.39, 0.29) is 6.10 Å². The van der Waals surface area contributed by atoms with Crippen molar-refractivity contribution in [1.82, 2.24) is 9.80 Å². The van der Waals surface area contributed by atoms with E-state index >= 15 is 0 Å². The number of fused-ring (bicyclic) bond motifs is 1. The molecule has 5 nitrogen and oxygen atoms in total. The number of likely N-dealkylation sites (tertiary alicyclic amines) is 2. The Morgan fingerprint density at radius 2 is 1.48 bits per heavy atom. The first-order valence-electron chi connectivity index (χ1n) is 16.9. The zero-order valence-corrected chi connectivity index (χ0v) is 26.7. The van der Waals surface area contributed by atoms with Crippen LogP contribution in [0, 0.1) is 0 Å². The van der Waals surface area contributed by atoms with Crippen LogP contribution in [-0.2, 0) is 6.42 Å². The van der Waals surface area contributed by atoms with Crippen LogP contribution in [0.4, 0.5) is 0 Å². The van der Waals surface area contributed by atoms with Crippen LogP contribution in [0.3, 0.4) is 0 Å². The maximum atomic E-state index is 10.9. The maximum Gasteiger partial charge on any atom is 0.124 e. The molecule has 0 amide bonds. The fourth-order valence-electron chi connectivity index (χ4n) is 7.54. The second kappa shape index (κ2) is 13.9. The average Bonchev–Trinajstić information content (AvgIpc) is 3.72. The third kappa shape index (κ3) is 6.78. The number of piperidine rings is 1. The van der Waals surface area contributed by atoms with Gasteiger partial charge in [0, 0.05) is 27.5 Å². The smallest absolute Gasteiger partial charge is 0.124 e. The minimum Gasteiger partial charge on any atom is -0.507 e. The summed E-state index contributed by atoms with van der Waals surface area (Å²) in [5, 5.41) is 11.9. The summed E-state index contributed by atoms with van der Waals surface area (Å²) < 4.78 is 13.9. The third-order valence-corrected chi connectivity index (χ3v) is 11.1. The Labute approximate surface area is 266 Å². The SMILES string of the molecule is Oc1cccc2sc(-c3ccc(OCCN4CCCC4)cc3)c(Cc3ccc(O[C@@H]4CCCC[C@H]4N4CCCCC4)cc3)c12. The lowest BCUT2D eigenvalue weighted by molar-refractivity contribution is 0.0261. The van der Waals surface area contributed by atoms with Gasteiger partial charge in [0.1, 0.15) is 30.0 Å². The van der Waals surface area contributed by atoms with Crippen molar-refractivity contribution in [3.8, 4) is 27.7 Å². The van der Waals surface area contributed by atoms with Gasteiger partial charge in [0.15, 0.2) is 0 Å². The molecule has 7 rings (SSSR count). The largest absolute Gasteiger partial charge is 0.507 e. The van der Waals surface area contributed by atoms with E-state index in [0.29, 0.717) is 11.8 Å². The van der Waals surface area contributed by atoms with Crippen molar-refractivity contribution >= 4 is 21.4 Å². The van der Waals surface area contributed by atoms with Crippen molar-refractivity contribution in [2.24, 2.45) is 0 Å². The summed E-state index contributed by atoms with van der Waals surface area (Å²) in [4.78, 5) is 6.38. The summed E-state index contributed by atoms with van der Waals surface area (Å²) in [5.74, 6) is 2.23. The van der Waals surface area contributed by atoms with Crippen LogP contribution in [0.2, 0.25) is 0 Å². The van der Waals surface area contributed by atoms with E-state index in [1.165, 1.54) is 93.5 Å². The summed E-state index contributed by atoms with van der Waals surface area (Å²) in [6.45, 7) is 6.55. The third-order valence-electron chi connectivity index (χ3n) is 9.90. The number of aromatic hydroxyl groups is 1. The van der Waals surface area contributed by atoms with Crippen LogP contribution in [0.25, 0.3) is 20.5 Å². The fraction of sp³-hybridized carbons (Fsp3) is 0.474. The van der Waals surface area contributed by atoms with Gasteiger partial charge in [0.05, 0.1) is 0 Å². The minimum atomic E-state index is 0.282. The summed E-state index contributed by atoms with van der Waals surface area (Å²) in [6.07, 6.45) is 12.6. The Hall–Kier alpha value is -3.06. The molecule has 2 atom stereocenters. The first-order chi connectivity index (χ1) is 21.7. The molecule has 44 heavy (non-hydrogen) atoms. The van der Waals surface area contributed by atoms with Crippen molar-refractivity contribution in [3.63, 3.8) is 0 Å². The second-order valence-electron chi connectivity index (χ2n) is 12.9. The molecule has 3 aromatic carbocycles. The van der Waals surface area contributed by atoms with E-state index in [4.69, 9.17) is 9.47 Å². The minimum absolute atomic E-state index is 0.282. The molecule has 0 spiro atoms. The van der Waals surface area contributed by atoms with Crippen molar-refractivity contribution < 1.29 is 14.6 Å². The molecule has 2 saturated heterocycles. The average molecular weight is 611 g/mol. The van der Waals surface area contributed by atoms with Gasteiger partial charge >= 0.3 is 0 Å². The molecular formula is C38H46N2O3S. The van der Waals surface area contributed by atoms with Crippen molar-refractivity contribution in [3.05, 3.63) is 77.9 Å². The first kappa shape index (κ1) is 29.6. The summed E-state index contributed by atoms with van der Waals surface area (Å²) in [7, 11) is 0. The van der Waals surface area contributed by atoms with Gasteiger partial charge in [0.25, 0.3) is 0 Å². The van der Waals surface area contributed by atoms with Gasteiger partial charge in [-0.15, -0.1) is 11.3 Å².